The number of carbonyl (C=O) groups is 1. The quantitative estimate of drug-likeness (QED) is 0.0215. The normalized spacial score (nSPS) is 18.5. The second kappa shape index (κ2) is 68.5. The Morgan fingerprint density at radius 1 is 0.374 bits per heavy atom. The average Bonchev–Trinajstić information content (AvgIpc) is 1.05. The topological polar surface area (TPSA) is 189 Å². The van der Waals surface area contributed by atoms with Gasteiger partial charge in [-0.05, 0) is 51.4 Å². The minimum atomic E-state index is -1.67. The minimum Gasteiger partial charge on any atom is -0.394 e. The molecular formula is C80H155NO10. The van der Waals surface area contributed by atoms with E-state index in [0.29, 0.717) is 19.3 Å². The Morgan fingerprint density at radius 3 is 0.978 bits per heavy atom. The fourth-order valence-corrected chi connectivity index (χ4v) is 13.3. The van der Waals surface area contributed by atoms with Crippen molar-refractivity contribution in [3.63, 3.8) is 0 Å². The summed E-state index contributed by atoms with van der Waals surface area (Å²) in [6, 6.07) is -1.19. The van der Waals surface area contributed by atoms with Crippen molar-refractivity contribution in [1.82, 2.24) is 5.32 Å². The summed E-state index contributed by atoms with van der Waals surface area (Å²) in [7, 11) is 0. The van der Waals surface area contributed by atoms with Gasteiger partial charge in [0, 0.05) is 0 Å². The van der Waals surface area contributed by atoms with Gasteiger partial charge in [0.2, 0.25) is 5.91 Å². The number of unbranched alkanes of at least 4 members (excludes halogenated alkanes) is 56. The van der Waals surface area contributed by atoms with Gasteiger partial charge in [-0.1, -0.05) is 385 Å². The lowest BCUT2D eigenvalue weighted by molar-refractivity contribution is -0.303. The van der Waals surface area contributed by atoms with Gasteiger partial charge in [0.05, 0.1) is 25.4 Å². The molecule has 11 heteroatoms. The predicted octanol–water partition coefficient (Wildman–Crippen LogP) is 20.7. The van der Waals surface area contributed by atoms with Crippen molar-refractivity contribution in [2.45, 2.75) is 467 Å². The van der Waals surface area contributed by atoms with E-state index in [4.69, 9.17) is 9.47 Å². The zero-order chi connectivity index (χ0) is 66.0. The Hall–Kier alpha value is -1.41. The molecule has 0 aromatic carbocycles. The highest BCUT2D eigenvalue weighted by molar-refractivity contribution is 5.80. The van der Waals surface area contributed by atoms with Gasteiger partial charge in [-0.2, -0.15) is 0 Å². The van der Waals surface area contributed by atoms with Crippen molar-refractivity contribution in [3.8, 4) is 0 Å². The SMILES string of the molecule is CCCCCCCCCCCCCCCCCCCCC/C=C/CC/C=C/CCCC(O)C(O)C(COC1OC(CO)C(O)C(O)C1O)NC(=O)C(O)CCCCCCCCCCCCCCCCCCCCCCCCCCCCCCCCCCCCCC. The maximum atomic E-state index is 13.3. The van der Waals surface area contributed by atoms with E-state index in [1.54, 1.807) is 0 Å². The number of allylic oxidation sites excluding steroid dienone is 4. The molecule has 1 heterocycles. The standard InChI is InChI=1S/C80H155NO10/c1-3-5-7-9-11-13-15-17-19-21-23-25-27-29-31-33-34-35-36-37-38-39-40-42-44-46-48-50-52-54-56-58-60-62-64-66-68-73(84)79(89)81-71(70-90-80-78(88)77(87)76(86)74(69-82)91-80)75(85)72(83)67-65-63-61-59-57-55-53-51-49-47-45-43-41-32-30-28-26-24-22-20-18-16-14-12-10-8-6-4-2/h51,53,59,61,71-78,80,82-88H,3-50,52,54-58,60,62-70H2,1-2H3,(H,81,89)/b53-51+,61-59+. The molecule has 0 spiro atoms. The molecule has 1 saturated heterocycles. The van der Waals surface area contributed by atoms with Crippen molar-refractivity contribution in [1.29, 1.82) is 0 Å². The van der Waals surface area contributed by atoms with E-state index in [2.05, 4.69) is 43.5 Å². The fraction of sp³-hybridized carbons (Fsp3) is 0.938. The van der Waals surface area contributed by atoms with Gasteiger partial charge in [-0.25, -0.2) is 0 Å². The molecule has 8 N–H and O–H groups in total. The van der Waals surface area contributed by atoms with Crippen LogP contribution in [0.15, 0.2) is 24.3 Å². The van der Waals surface area contributed by atoms with Gasteiger partial charge in [-0.3, -0.25) is 4.79 Å². The van der Waals surface area contributed by atoms with E-state index in [1.807, 2.05) is 0 Å². The van der Waals surface area contributed by atoms with Crippen molar-refractivity contribution >= 4 is 5.91 Å². The van der Waals surface area contributed by atoms with Crippen LogP contribution in [-0.2, 0) is 14.3 Å². The summed E-state index contributed by atoms with van der Waals surface area (Å²) in [4.78, 5) is 13.3. The molecule has 9 unspecified atom stereocenters. The van der Waals surface area contributed by atoms with Crippen molar-refractivity contribution in [2.75, 3.05) is 13.2 Å². The summed E-state index contributed by atoms with van der Waals surface area (Å²) in [6.07, 6.45) is 77.4. The fourth-order valence-electron chi connectivity index (χ4n) is 13.3. The van der Waals surface area contributed by atoms with Crippen LogP contribution in [0.3, 0.4) is 0 Å². The maximum Gasteiger partial charge on any atom is 0.249 e. The van der Waals surface area contributed by atoms with Crippen LogP contribution in [0, 0.1) is 0 Å². The first-order valence-electron chi connectivity index (χ1n) is 40.2. The number of hydrogen-bond donors (Lipinski definition) is 8. The zero-order valence-corrected chi connectivity index (χ0v) is 60.1. The van der Waals surface area contributed by atoms with E-state index in [-0.39, 0.29) is 12.8 Å². The van der Waals surface area contributed by atoms with Crippen LogP contribution in [-0.4, -0.2) is 110 Å². The molecule has 0 saturated carbocycles. The third-order valence-corrected chi connectivity index (χ3v) is 19.7. The molecule has 11 nitrogen and oxygen atoms in total. The number of amides is 1. The number of aliphatic hydroxyl groups is 7. The van der Waals surface area contributed by atoms with Gasteiger partial charge in [0.1, 0.15) is 36.6 Å². The van der Waals surface area contributed by atoms with E-state index in [9.17, 15) is 40.5 Å². The summed E-state index contributed by atoms with van der Waals surface area (Å²) in [5.41, 5.74) is 0. The first-order chi connectivity index (χ1) is 44.7. The van der Waals surface area contributed by atoms with Gasteiger partial charge in [-0.15, -0.1) is 0 Å². The molecule has 9 atom stereocenters. The molecule has 0 aromatic rings. The average molecular weight is 1290 g/mol. The van der Waals surface area contributed by atoms with Gasteiger partial charge >= 0.3 is 0 Å². The molecule has 1 aliphatic heterocycles. The lowest BCUT2D eigenvalue weighted by Crippen LogP contribution is -2.60. The van der Waals surface area contributed by atoms with Crippen LogP contribution >= 0.6 is 0 Å². The molecule has 91 heavy (non-hydrogen) atoms. The van der Waals surface area contributed by atoms with E-state index in [0.717, 1.165) is 38.5 Å². The number of aliphatic hydroxyl groups excluding tert-OH is 7. The Morgan fingerprint density at radius 2 is 0.659 bits per heavy atom. The lowest BCUT2D eigenvalue weighted by Gasteiger charge is -2.40. The first kappa shape index (κ1) is 87.6. The summed E-state index contributed by atoms with van der Waals surface area (Å²) >= 11 is 0. The molecule has 0 bridgehead atoms. The molecule has 1 rings (SSSR count). The van der Waals surface area contributed by atoms with Gasteiger partial charge < -0.3 is 50.5 Å². The zero-order valence-electron chi connectivity index (χ0n) is 60.1. The minimum absolute atomic E-state index is 0.250. The number of ether oxygens (including phenoxy) is 2. The molecule has 1 fully saturated rings. The third-order valence-electron chi connectivity index (χ3n) is 19.7. The molecule has 0 radical (unpaired) electrons. The molecule has 0 aromatic heterocycles. The molecular weight excluding hydrogens is 1130 g/mol. The van der Waals surface area contributed by atoms with E-state index in [1.165, 1.54) is 327 Å². The van der Waals surface area contributed by atoms with Crippen molar-refractivity contribution in [2.24, 2.45) is 0 Å². The lowest BCUT2D eigenvalue weighted by atomic mass is 9.98. The maximum absolute atomic E-state index is 13.3. The Kier molecular flexibility index (Phi) is 66.0. The Balaban J connectivity index is 2.13. The summed E-state index contributed by atoms with van der Waals surface area (Å²) < 4.78 is 11.2. The first-order valence-corrected chi connectivity index (χ1v) is 40.2. The molecule has 0 aliphatic carbocycles. The highest BCUT2D eigenvalue weighted by Crippen LogP contribution is 2.24. The largest absolute Gasteiger partial charge is 0.394 e. The van der Waals surface area contributed by atoms with Gasteiger partial charge in [0.25, 0.3) is 0 Å². The highest BCUT2D eigenvalue weighted by Gasteiger charge is 2.44. The monoisotopic (exact) mass is 1290 g/mol. The predicted molar refractivity (Wildman–Crippen MR) is 386 cm³/mol. The van der Waals surface area contributed by atoms with E-state index < -0.39 is 74.2 Å². The molecule has 1 aliphatic rings. The van der Waals surface area contributed by atoms with Crippen LogP contribution in [0.4, 0.5) is 0 Å². The second-order valence-electron chi connectivity index (χ2n) is 28.5. The smallest absolute Gasteiger partial charge is 0.249 e. The van der Waals surface area contributed by atoms with Crippen LogP contribution < -0.4 is 5.32 Å². The number of rotatable bonds is 72. The number of nitrogens with one attached hydrogen (secondary N) is 1. The summed E-state index contributed by atoms with van der Waals surface area (Å²) in [5, 5.41) is 76.7. The second-order valence-corrected chi connectivity index (χ2v) is 28.5. The summed E-state index contributed by atoms with van der Waals surface area (Å²) in [5.74, 6) is -0.701. The van der Waals surface area contributed by atoms with Crippen molar-refractivity contribution < 1.29 is 50.0 Å². The Bertz CT molecular complexity index is 1530. The number of hydrogen-bond acceptors (Lipinski definition) is 10. The van der Waals surface area contributed by atoms with Crippen LogP contribution in [0.5, 0.6) is 0 Å². The van der Waals surface area contributed by atoms with Crippen LogP contribution in [0.1, 0.15) is 412 Å². The van der Waals surface area contributed by atoms with E-state index >= 15 is 0 Å². The summed E-state index contributed by atoms with van der Waals surface area (Å²) in [6.45, 7) is 3.51. The van der Waals surface area contributed by atoms with Crippen LogP contribution in [0.2, 0.25) is 0 Å². The third kappa shape index (κ3) is 55.3. The molecule has 540 valence electrons. The van der Waals surface area contributed by atoms with Crippen LogP contribution in [0.25, 0.3) is 0 Å². The number of carbonyl (C=O) groups excluding carboxylic acids is 1. The Labute approximate surface area is 563 Å². The van der Waals surface area contributed by atoms with Gasteiger partial charge in [0.15, 0.2) is 6.29 Å². The van der Waals surface area contributed by atoms with Crippen molar-refractivity contribution in [3.05, 3.63) is 24.3 Å². The highest BCUT2D eigenvalue weighted by atomic mass is 16.7. The molecule has 1 amide bonds.